The monoisotopic (exact) mass is 287 g/mol. The molecule has 1 aromatic rings. The smallest absolute Gasteiger partial charge is 0.425 e. The maximum absolute atomic E-state index is 12.6. The van der Waals surface area contributed by atoms with Gasteiger partial charge in [0.1, 0.15) is 0 Å². The molecular formula is C14H16F3NO2. The third kappa shape index (κ3) is 3.25. The molecule has 1 heterocycles. The first kappa shape index (κ1) is 14.7. The maximum Gasteiger partial charge on any atom is 0.425 e. The van der Waals surface area contributed by atoms with E-state index < -0.39 is 12.3 Å². The molecule has 6 heteroatoms. The van der Waals surface area contributed by atoms with Crippen molar-refractivity contribution in [1.82, 2.24) is 0 Å². The number of hydrogen-bond donors (Lipinski definition) is 1. The number of halogens is 3. The minimum absolute atomic E-state index is 0.0884. The van der Waals surface area contributed by atoms with Crippen LogP contribution >= 0.6 is 0 Å². The summed E-state index contributed by atoms with van der Waals surface area (Å²) < 4.78 is 48.2. The van der Waals surface area contributed by atoms with Gasteiger partial charge in [0, 0.05) is 5.56 Å². The van der Waals surface area contributed by atoms with Gasteiger partial charge in [0.2, 0.25) is 0 Å². The average molecular weight is 287 g/mol. The van der Waals surface area contributed by atoms with Gasteiger partial charge in [0.05, 0.1) is 18.9 Å². The largest absolute Gasteiger partial charge is 0.478 e. The van der Waals surface area contributed by atoms with Crippen LogP contribution in [0.2, 0.25) is 0 Å². The van der Waals surface area contributed by atoms with Crippen LogP contribution in [0.4, 0.5) is 18.9 Å². The van der Waals surface area contributed by atoms with Gasteiger partial charge < -0.3 is 15.2 Å². The minimum Gasteiger partial charge on any atom is -0.478 e. The molecule has 0 saturated heterocycles. The van der Waals surface area contributed by atoms with E-state index in [-0.39, 0.29) is 11.4 Å². The van der Waals surface area contributed by atoms with Crippen molar-refractivity contribution in [2.45, 2.75) is 25.6 Å². The highest BCUT2D eigenvalue weighted by atomic mass is 19.4. The average Bonchev–Trinajstić information content (AvgIpc) is 2.41. The van der Waals surface area contributed by atoms with Crippen molar-refractivity contribution in [2.24, 2.45) is 0 Å². The summed E-state index contributed by atoms with van der Waals surface area (Å²) in [7, 11) is 0. The Bertz CT molecular complexity index is 512. The van der Waals surface area contributed by atoms with Crippen molar-refractivity contribution >= 4 is 11.3 Å². The van der Waals surface area contributed by atoms with Crippen molar-refractivity contribution in [2.75, 3.05) is 18.9 Å². The standard InChI is InChI=1S/C14H16F3NO2/c1-9(14(15,16)17)20-13-11(3-2-4-12(13)18)10-5-7-19-8-6-10/h2-5,9H,6-8,18H2,1H3/t9-/m0/s1. The second kappa shape index (κ2) is 5.75. The molecular weight excluding hydrogens is 271 g/mol. The Morgan fingerprint density at radius 1 is 1.35 bits per heavy atom. The van der Waals surface area contributed by atoms with Crippen molar-refractivity contribution in [3.63, 3.8) is 0 Å². The van der Waals surface area contributed by atoms with Gasteiger partial charge in [-0.1, -0.05) is 18.2 Å². The molecule has 110 valence electrons. The predicted molar refractivity (Wildman–Crippen MR) is 70.4 cm³/mol. The molecule has 0 aliphatic carbocycles. The third-order valence-electron chi connectivity index (χ3n) is 3.11. The number of benzene rings is 1. The molecule has 0 bridgehead atoms. The molecule has 0 saturated carbocycles. The Labute approximate surface area is 115 Å². The van der Waals surface area contributed by atoms with E-state index in [2.05, 4.69) is 0 Å². The number of alkyl halides is 3. The van der Waals surface area contributed by atoms with E-state index in [1.165, 1.54) is 6.07 Å². The summed E-state index contributed by atoms with van der Waals surface area (Å²) in [6, 6.07) is 4.94. The number of anilines is 1. The van der Waals surface area contributed by atoms with Crippen LogP contribution in [0.1, 0.15) is 18.9 Å². The van der Waals surface area contributed by atoms with E-state index >= 15 is 0 Å². The summed E-state index contributed by atoms with van der Waals surface area (Å²) in [6.45, 7) is 1.95. The maximum atomic E-state index is 12.6. The lowest BCUT2D eigenvalue weighted by Crippen LogP contribution is -2.31. The molecule has 1 aliphatic rings. The highest BCUT2D eigenvalue weighted by Crippen LogP contribution is 2.36. The van der Waals surface area contributed by atoms with Gasteiger partial charge in [-0.25, -0.2) is 0 Å². The minimum atomic E-state index is -4.43. The van der Waals surface area contributed by atoms with Crippen LogP contribution < -0.4 is 10.5 Å². The molecule has 0 unspecified atom stereocenters. The number of hydrogen-bond acceptors (Lipinski definition) is 3. The molecule has 1 aliphatic heterocycles. The van der Waals surface area contributed by atoms with Crippen LogP contribution in [0.15, 0.2) is 24.3 Å². The van der Waals surface area contributed by atoms with Crippen LogP contribution in [0, 0.1) is 0 Å². The lowest BCUT2D eigenvalue weighted by molar-refractivity contribution is -0.189. The number of nitrogens with two attached hydrogens (primary N) is 1. The molecule has 20 heavy (non-hydrogen) atoms. The van der Waals surface area contributed by atoms with Crippen LogP contribution in [-0.4, -0.2) is 25.5 Å². The first-order chi connectivity index (χ1) is 9.39. The quantitative estimate of drug-likeness (QED) is 0.867. The summed E-state index contributed by atoms with van der Waals surface area (Å²) >= 11 is 0. The van der Waals surface area contributed by atoms with Crippen LogP contribution in [0.5, 0.6) is 5.75 Å². The van der Waals surface area contributed by atoms with Gasteiger partial charge in [-0.3, -0.25) is 0 Å². The van der Waals surface area contributed by atoms with Gasteiger partial charge in [0.15, 0.2) is 11.9 Å². The molecule has 0 amide bonds. The van der Waals surface area contributed by atoms with Gasteiger partial charge in [-0.05, 0) is 25.0 Å². The number of para-hydroxylation sites is 1. The van der Waals surface area contributed by atoms with Crippen LogP contribution in [-0.2, 0) is 4.74 Å². The highest BCUT2D eigenvalue weighted by molar-refractivity contribution is 5.76. The highest BCUT2D eigenvalue weighted by Gasteiger charge is 2.38. The summed E-state index contributed by atoms with van der Waals surface area (Å²) in [6.07, 6.45) is -3.88. The van der Waals surface area contributed by atoms with Gasteiger partial charge in [-0.15, -0.1) is 0 Å². The van der Waals surface area contributed by atoms with E-state index in [1.54, 1.807) is 12.1 Å². The lowest BCUT2D eigenvalue weighted by Gasteiger charge is -2.23. The summed E-state index contributed by atoms with van der Waals surface area (Å²) in [5.74, 6) is 0.0884. The molecule has 0 radical (unpaired) electrons. The predicted octanol–water partition coefficient (Wildman–Crippen LogP) is 3.40. The zero-order valence-corrected chi connectivity index (χ0v) is 11.0. The summed E-state index contributed by atoms with van der Waals surface area (Å²) in [5, 5.41) is 0. The fourth-order valence-corrected chi connectivity index (χ4v) is 1.95. The number of rotatable bonds is 3. The van der Waals surface area contributed by atoms with E-state index in [0.29, 0.717) is 25.2 Å². The van der Waals surface area contributed by atoms with Crippen LogP contribution in [0.3, 0.4) is 0 Å². The Morgan fingerprint density at radius 3 is 2.70 bits per heavy atom. The zero-order valence-electron chi connectivity index (χ0n) is 11.0. The Kier molecular flexibility index (Phi) is 4.23. The van der Waals surface area contributed by atoms with Crippen LogP contribution in [0.25, 0.3) is 5.57 Å². The SMILES string of the molecule is C[C@H](Oc1c(N)cccc1C1=CCOCC1)C(F)(F)F. The lowest BCUT2D eigenvalue weighted by atomic mass is 10.00. The summed E-state index contributed by atoms with van der Waals surface area (Å²) in [4.78, 5) is 0. The van der Waals surface area contributed by atoms with Gasteiger partial charge >= 0.3 is 6.18 Å². The van der Waals surface area contributed by atoms with Crippen molar-refractivity contribution in [1.29, 1.82) is 0 Å². The second-order valence-corrected chi connectivity index (χ2v) is 4.58. The van der Waals surface area contributed by atoms with E-state index in [0.717, 1.165) is 12.5 Å². The molecule has 2 rings (SSSR count). The second-order valence-electron chi connectivity index (χ2n) is 4.58. The number of nitrogen functional groups attached to an aromatic ring is 1. The van der Waals surface area contributed by atoms with E-state index in [4.69, 9.17) is 15.2 Å². The van der Waals surface area contributed by atoms with Crippen molar-refractivity contribution in [3.8, 4) is 5.75 Å². The van der Waals surface area contributed by atoms with Crippen molar-refractivity contribution in [3.05, 3.63) is 29.8 Å². The topological polar surface area (TPSA) is 44.5 Å². The number of ether oxygens (including phenoxy) is 2. The van der Waals surface area contributed by atoms with Gasteiger partial charge in [0.25, 0.3) is 0 Å². The molecule has 0 aromatic heterocycles. The fraction of sp³-hybridized carbons (Fsp3) is 0.429. The van der Waals surface area contributed by atoms with Crippen molar-refractivity contribution < 1.29 is 22.6 Å². The Morgan fingerprint density at radius 2 is 2.10 bits per heavy atom. The molecule has 1 atom stereocenters. The molecule has 0 spiro atoms. The molecule has 2 N–H and O–H groups in total. The summed E-state index contributed by atoms with van der Waals surface area (Å²) in [5.41, 5.74) is 7.47. The van der Waals surface area contributed by atoms with Gasteiger partial charge in [-0.2, -0.15) is 13.2 Å². The Balaban J connectivity index is 2.34. The molecule has 1 aromatic carbocycles. The normalized spacial score (nSPS) is 17.5. The van der Waals surface area contributed by atoms with E-state index in [9.17, 15) is 13.2 Å². The molecule has 3 nitrogen and oxygen atoms in total. The molecule has 0 fully saturated rings. The third-order valence-corrected chi connectivity index (χ3v) is 3.11. The first-order valence-electron chi connectivity index (χ1n) is 6.28. The van der Waals surface area contributed by atoms with E-state index in [1.807, 2.05) is 6.08 Å². The zero-order chi connectivity index (χ0) is 14.8. The fourth-order valence-electron chi connectivity index (χ4n) is 1.95. The Hall–Kier alpha value is -1.69. The first-order valence-corrected chi connectivity index (χ1v) is 6.28.